The van der Waals surface area contributed by atoms with Crippen LogP contribution in [0.4, 0.5) is 5.69 Å². The van der Waals surface area contributed by atoms with E-state index in [1.807, 2.05) is 47.4 Å². The minimum absolute atomic E-state index is 0.00313. The van der Waals surface area contributed by atoms with Crippen molar-refractivity contribution in [3.8, 4) is 0 Å². The van der Waals surface area contributed by atoms with E-state index in [4.69, 9.17) is 4.74 Å². The van der Waals surface area contributed by atoms with Gasteiger partial charge in [0.1, 0.15) is 0 Å². The predicted octanol–water partition coefficient (Wildman–Crippen LogP) is 3.83. The Balaban J connectivity index is 1.40. The summed E-state index contributed by atoms with van der Waals surface area (Å²) in [6.45, 7) is 3.22. The number of anilines is 1. The Labute approximate surface area is 208 Å². The molecule has 0 aliphatic carbocycles. The molecule has 7 heteroatoms. The number of halogens is 1. The number of fused-ring (bicyclic) bond motifs is 2. The summed E-state index contributed by atoms with van der Waals surface area (Å²) in [4.78, 5) is 30.5. The van der Waals surface area contributed by atoms with Gasteiger partial charge in [0.2, 0.25) is 5.91 Å². The Kier molecular flexibility index (Phi) is 6.22. The lowest BCUT2D eigenvalue weighted by molar-refractivity contribution is -0.150. The second-order valence-electron chi connectivity index (χ2n) is 9.42. The third-order valence-electron chi connectivity index (χ3n) is 7.36. The van der Waals surface area contributed by atoms with Crippen LogP contribution in [-0.2, 0) is 26.5 Å². The molecule has 2 amide bonds. The van der Waals surface area contributed by atoms with Crippen LogP contribution in [0.5, 0.6) is 0 Å². The summed E-state index contributed by atoms with van der Waals surface area (Å²) in [6.07, 6.45) is 2.34. The number of likely N-dealkylation sites (tertiary alicyclic amines) is 1. The number of aliphatic hydroxyl groups excluding tert-OH is 1. The molecule has 0 aromatic heterocycles. The number of carbonyl (C=O) groups is 2. The highest BCUT2D eigenvalue weighted by atomic mass is 127. The summed E-state index contributed by atoms with van der Waals surface area (Å²) < 4.78 is 7.68. The number of rotatable bonds is 5. The first-order chi connectivity index (χ1) is 15.9. The molecule has 0 radical (unpaired) electrons. The summed E-state index contributed by atoms with van der Waals surface area (Å²) in [7, 11) is 0. The molecule has 0 unspecified atom stereocenters. The van der Waals surface area contributed by atoms with E-state index >= 15 is 0 Å². The first kappa shape index (κ1) is 22.8. The fourth-order valence-corrected chi connectivity index (χ4v) is 6.40. The van der Waals surface area contributed by atoms with E-state index in [0.717, 1.165) is 33.2 Å². The minimum Gasteiger partial charge on any atom is -0.394 e. The number of amides is 2. The van der Waals surface area contributed by atoms with Gasteiger partial charge in [-0.05, 0) is 65.6 Å². The lowest BCUT2D eigenvalue weighted by Gasteiger charge is -2.29. The topological polar surface area (TPSA) is 70.1 Å². The largest absolute Gasteiger partial charge is 0.394 e. The van der Waals surface area contributed by atoms with E-state index in [-0.39, 0.29) is 42.9 Å². The number of para-hydroxylation sites is 1. The maximum atomic E-state index is 13.9. The molecule has 0 bridgehead atoms. The number of ether oxygens (including phenoxy) is 1. The molecule has 6 nitrogen and oxygen atoms in total. The molecule has 3 aliphatic rings. The van der Waals surface area contributed by atoms with Gasteiger partial charge in [-0.15, -0.1) is 0 Å². The van der Waals surface area contributed by atoms with Crippen molar-refractivity contribution < 1.29 is 19.4 Å². The fourth-order valence-electron chi connectivity index (χ4n) is 5.79. The van der Waals surface area contributed by atoms with Gasteiger partial charge in [0, 0.05) is 21.6 Å². The molecule has 2 fully saturated rings. The van der Waals surface area contributed by atoms with E-state index < -0.39 is 5.60 Å². The van der Waals surface area contributed by atoms with Crippen molar-refractivity contribution in [3.63, 3.8) is 0 Å². The van der Waals surface area contributed by atoms with Crippen molar-refractivity contribution in [2.45, 2.75) is 56.9 Å². The Hall–Kier alpha value is -1.97. The lowest BCUT2D eigenvalue weighted by Crippen LogP contribution is -2.44. The van der Waals surface area contributed by atoms with E-state index in [2.05, 4.69) is 35.6 Å². The third kappa shape index (κ3) is 3.88. The summed E-state index contributed by atoms with van der Waals surface area (Å²) in [6, 6.07) is 16.0. The average molecular weight is 560 g/mol. The maximum absolute atomic E-state index is 13.9. The maximum Gasteiger partial charge on any atom is 0.264 e. The SMILES string of the molecule is C[C@H]1C[C@@H](CC(=O)N2CCC[C@H]2CO)O[C@]12C(=O)N(Cc1cccc(I)c1)c1ccccc12. The zero-order chi connectivity index (χ0) is 23.2. The van der Waals surface area contributed by atoms with Crippen LogP contribution in [0.15, 0.2) is 48.5 Å². The highest BCUT2D eigenvalue weighted by Gasteiger charge is 2.60. The molecule has 1 N–H and O–H groups in total. The highest BCUT2D eigenvalue weighted by molar-refractivity contribution is 14.1. The molecule has 2 aromatic rings. The molecule has 2 saturated heterocycles. The van der Waals surface area contributed by atoms with Gasteiger partial charge >= 0.3 is 0 Å². The van der Waals surface area contributed by atoms with Crippen LogP contribution < -0.4 is 4.90 Å². The molecule has 3 heterocycles. The number of hydrogen-bond donors (Lipinski definition) is 1. The summed E-state index contributed by atoms with van der Waals surface area (Å²) in [5.74, 6) is -0.0771. The van der Waals surface area contributed by atoms with Crippen LogP contribution in [0.2, 0.25) is 0 Å². The standard InChI is InChI=1S/C26H29IN2O4/c1-17-12-21(14-24(31)28-11-5-8-20(28)16-30)33-26(17)22-9-2-3-10-23(22)29(25(26)32)15-18-6-4-7-19(27)13-18/h2-4,6-7,9-10,13,17,20-21,30H,5,8,11-12,14-16H2,1H3/t17-,20-,21-,26+/m0/s1. The summed E-state index contributed by atoms with van der Waals surface area (Å²) >= 11 is 2.29. The normalized spacial score (nSPS) is 28.7. The van der Waals surface area contributed by atoms with Crippen molar-refractivity contribution >= 4 is 40.1 Å². The van der Waals surface area contributed by atoms with Crippen LogP contribution in [0.25, 0.3) is 0 Å². The van der Waals surface area contributed by atoms with Crippen LogP contribution in [-0.4, -0.2) is 47.1 Å². The fraction of sp³-hybridized carbons (Fsp3) is 0.462. The molecule has 1 spiro atoms. The van der Waals surface area contributed by atoms with Crippen molar-refractivity contribution in [2.24, 2.45) is 5.92 Å². The zero-order valence-corrected chi connectivity index (χ0v) is 20.9. The molecular weight excluding hydrogens is 531 g/mol. The predicted molar refractivity (Wildman–Crippen MR) is 134 cm³/mol. The molecule has 2 aromatic carbocycles. The van der Waals surface area contributed by atoms with Gasteiger partial charge < -0.3 is 19.6 Å². The van der Waals surface area contributed by atoms with Crippen LogP contribution in [0, 0.1) is 9.49 Å². The van der Waals surface area contributed by atoms with Crippen molar-refractivity contribution in [2.75, 3.05) is 18.1 Å². The Morgan fingerprint density at radius 3 is 2.85 bits per heavy atom. The second kappa shape index (κ2) is 9.00. The van der Waals surface area contributed by atoms with Crippen molar-refractivity contribution in [1.29, 1.82) is 0 Å². The van der Waals surface area contributed by atoms with Crippen LogP contribution in [0.1, 0.15) is 43.7 Å². The van der Waals surface area contributed by atoms with Gasteiger partial charge in [0.25, 0.3) is 5.91 Å². The molecule has 174 valence electrons. The number of benzene rings is 2. The lowest BCUT2D eigenvalue weighted by atomic mass is 9.83. The van der Waals surface area contributed by atoms with Crippen molar-refractivity contribution in [1.82, 2.24) is 4.90 Å². The zero-order valence-electron chi connectivity index (χ0n) is 18.7. The summed E-state index contributed by atoms with van der Waals surface area (Å²) in [5.41, 5.74) is 1.81. The van der Waals surface area contributed by atoms with E-state index in [1.165, 1.54) is 0 Å². The molecule has 4 atom stereocenters. The van der Waals surface area contributed by atoms with E-state index in [1.54, 1.807) is 4.90 Å². The Morgan fingerprint density at radius 1 is 1.24 bits per heavy atom. The Bertz CT molecular complexity index is 1080. The van der Waals surface area contributed by atoms with Gasteiger partial charge in [-0.3, -0.25) is 9.59 Å². The minimum atomic E-state index is -1.05. The third-order valence-corrected chi connectivity index (χ3v) is 8.03. The molecule has 0 saturated carbocycles. The molecule has 5 rings (SSSR count). The smallest absolute Gasteiger partial charge is 0.264 e. The van der Waals surface area contributed by atoms with Gasteiger partial charge in [0.15, 0.2) is 5.60 Å². The van der Waals surface area contributed by atoms with Crippen LogP contribution in [0.3, 0.4) is 0 Å². The molecule has 3 aliphatic heterocycles. The van der Waals surface area contributed by atoms with Crippen LogP contribution >= 0.6 is 22.6 Å². The monoisotopic (exact) mass is 560 g/mol. The molecule has 33 heavy (non-hydrogen) atoms. The van der Waals surface area contributed by atoms with Gasteiger partial charge in [-0.2, -0.15) is 0 Å². The molecular formula is C26H29IN2O4. The number of carbonyl (C=O) groups excluding carboxylic acids is 2. The van der Waals surface area contributed by atoms with E-state index in [9.17, 15) is 14.7 Å². The number of hydrogen-bond acceptors (Lipinski definition) is 4. The quantitative estimate of drug-likeness (QED) is 0.565. The van der Waals surface area contributed by atoms with E-state index in [0.29, 0.717) is 19.5 Å². The summed E-state index contributed by atoms with van der Waals surface area (Å²) in [5, 5.41) is 9.59. The van der Waals surface area contributed by atoms with Crippen molar-refractivity contribution in [3.05, 3.63) is 63.2 Å². The van der Waals surface area contributed by atoms with Gasteiger partial charge in [-0.1, -0.05) is 37.3 Å². The first-order valence-corrected chi connectivity index (χ1v) is 12.8. The first-order valence-electron chi connectivity index (χ1n) is 11.7. The number of nitrogens with zero attached hydrogens (tertiary/aromatic N) is 2. The second-order valence-corrected chi connectivity index (χ2v) is 10.7. The highest BCUT2D eigenvalue weighted by Crippen LogP contribution is 2.53. The Morgan fingerprint density at radius 2 is 2.06 bits per heavy atom. The van der Waals surface area contributed by atoms with Gasteiger partial charge in [0.05, 0.1) is 37.4 Å². The van der Waals surface area contributed by atoms with Gasteiger partial charge in [-0.25, -0.2) is 0 Å². The number of aliphatic hydroxyl groups is 1. The average Bonchev–Trinajstić information content (AvgIpc) is 3.47.